The van der Waals surface area contributed by atoms with Crippen molar-refractivity contribution < 1.29 is 22.0 Å². The van der Waals surface area contributed by atoms with Gasteiger partial charge in [-0.2, -0.15) is 13.2 Å². The van der Waals surface area contributed by atoms with Crippen molar-refractivity contribution in [1.82, 2.24) is 4.98 Å². The minimum atomic E-state index is -4.59. The maximum absolute atomic E-state index is 13.0. The summed E-state index contributed by atoms with van der Waals surface area (Å²) >= 11 is 0. The molecule has 0 aliphatic heterocycles. The van der Waals surface area contributed by atoms with Gasteiger partial charge in [-0.3, -0.25) is 4.98 Å². The summed E-state index contributed by atoms with van der Waals surface area (Å²) in [6.45, 7) is -0.253. The van der Waals surface area contributed by atoms with Crippen molar-refractivity contribution in [1.29, 1.82) is 0 Å². The minimum Gasteiger partial charge on any atom is -0.330 e. The summed E-state index contributed by atoms with van der Waals surface area (Å²) < 4.78 is 64.4. The van der Waals surface area contributed by atoms with Crippen molar-refractivity contribution in [3.8, 4) is 0 Å². The Labute approximate surface area is 100 Å². The number of pyridine rings is 1. The summed E-state index contributed by atoms with van der Waals surface area (Å²) in [6.07, 6.45) is -3.93. The molecule has 2 nitrogen and oxygen atoms in total. The summed E-state index contributed by atoms with van der Waals surface area (Å²) in [6, 6.07) is 0.795. The SMILES string of the molecule is NCC1(c2cnccc2C(F)(F)F)CC(F)(F)C1. The van der Waals surface area contributed by atoms with Gasteiger partial charge in [0.25, 0.3) is 0 Å². The molecule has 1 heterocycles. The normalized spacial score (nSPS) is 21.4. The van der Waals surface area contributed by atoms with E-state index in [-0.39, 0.29) is 12.1 Å². The zero-order valence-corrected chi connectivity index (χ0v) is 9.27. The van der Waals surface area contributed by atoms with E-state index in [9.17, 15) is 22.0 Å². The zero-order chi connectivity index (χ0) is 13.6. The molecule has 0 atom stereocenters. The Morgan fingerprint density at radius 1 is 1.28 bits per heavy atom. The Hall–Kier alpha value is -1.24. The molecule has 18 heavy (non-hydrogen) atoms. The number of hydrogen-bond acceptors (Lipinski definition) is 2. The third-order valence-corrected chi connectivity index (χ3v) is 3.28. The third-order valence-electron chi connectivity index (χ3n) is 3.28. The number of halogens is 5. The van der Waals surface area contributed by atoms with Crippen molar-refractivity contribution in [3.05, 3.63) is 29.6 Å². The van der Waals surface area contributed by atoms with E-state index in [4.69, 9.17) is 5.73 Å². The predicted molar refractivity (Wildman–Crippen MR) is 54.2 cm³/mol. The molecule has 0 amide bonds. The largest absolute Gasteiger partial charge is 0.416 e. The number of rotatable bonds is 2. The van der Waals surface area contributed by atoms with Gasteiger partial charge in [-0.05, 0) is 11.6 Å². The van der Waals surface area contributed by atoms with Gasteiger partial charge in [0.15, 0.2) is 0 Å². The monoisotopic (exact) mass is 266 g/mol. The van der Waals surface area contributed by atoms with Gasteiger partial charge in [-0.1, -0.05) is 0 Å². The Morgan fingerprint density at radius 3 is 2.33 bits per heavy atom. The number of nitrogens with zero attached hydrogens (tertiary/aromatic N) is 1. The van der Waals surface area contributed by atoms with Crippen molar-refractivity contribution in [2.75, 3.05) is 6.54 Å². The van der Waals surface area contributed by atoms with Crippen LogP contribution in [0, 0.1) is 0 Å². The van der Waals surface area contributed by atoms with Crippen LogP contribution in [0.15, 0.2) is 18.5 Å². The molecule has 1 aliphatic carbocycles. The molecule has 1 aromatic rings. The van der Waals surface area contributed by atoms with E-state index in [1.54, 1.807) is 0 Å². The highest BCUT2D eigenvalue weighted by Crippen LogP contribution is 2.54. The summed E-state index contributed by atoms with van der Waals surface area (Å²) in [5, 5.41) is 0. The van der Waals surface area contributed by atoms with Crippen LogP contribution in [0.3, 0.4) is 0 Å². The molecule has 0 radical (unpaired) electrons. The fourth-order valence-corrected chi connectivity index (χ4v) is 2.45. The Morgan fingerprint density at radius 2 is 1.89 bits per heavy atom. The van der Waals surface area contributed by atoms with Gasteiger partial charge >= 0.3 is 6.18 Å². The van der Waals surface area contributed by atoms with Crippen molar-refractivity contribution in [2.24, 2.45) is 5.73 Å². The second kappa shape index (κ2) is 3.88. The number of aromatic nitrogens is 1. The summed E-state index contributed by atoms with van der Waals surface area (Å²) in [5.74, 6) is -2.95. The first kappa shape index (κ1) is 13.2. The minimum absolute atomic E-state index is 0.231. The van der Waals surface area contributed by atoms with Gasteiger partial charge in [-0.15, -0.1) is 0 Å². The van der Waals surface area contributed by atoms with Crippen LogP contribution in [-0.2, 0) is 11.6 Å². The lowest BCUT2D eigenvalue weighted by molar-refractivity contribution is -0.147. The van der Waals surface area contributed by atoms with Gasteiger partial charge < -0.3 is 5.73 Å². The van der Waals surface area contributed by atoms with Crippen LogP contribution in [-0.4, -0.2) is 17.5 Å². The third kappa shape index (κ3) is 2.07. The molecule has 0 unspecified atom stereocenters. The van der Waals surface area contributed by atoms with Gasteiger partial charge in [0, 0.05) is 37.2 Å². The lowest BCUT2D eigenvalue weighted by Gasteiger charge is -2.47. The quantitative estimate of drug-likeness (QED) is 0.836. The van der Waals surface area contributed by atoms with E-state index in [1.807, 2.05) is 0 Å². The number of alkyl halides is 5. The molecule has 0 aromatic carbocycles. The van der Waals surface area contributed by atoms with Gasteiger partial charge in [0.1, 0.15) is 0 Å². The van der Waals surface area contributed by atoms with Crippen molar-refractivity contribution in [3.63, 3.8) is 0 Å². The first-order valence-corrected chi connectivity index (χ1v) is 5.30. The molecule has 1 aliphatic rings. The smallest absolute Gasteiger partial charge is 0.330 e. The van der Waals surface area contributed by atoms with Crippen LogP contribution < -0.4 is 5.73 Å². The van der Waals surface area contributed by atoms with E-state index in [1.165, 1.54) is 0 Å². The first-order valence-electron chi connectivity index (χ1n) is 5.30. The molecule has 2 N–H and O–H groups in total. The van der Waals surface area contributed by atoms with Gasteiger partial charge in [0.05, 0.1) is 5.56 Å². The summed E-state index contributed by atoms with van der Waals surface area (Å²) in [4.78, 5) is 3.60. The Bertz CT molecular complexity index is 447. The molecule has 2 rings (SSSR count). The molecule has 0 spiro atoms. The second-order valence-electron chi connectivity index (χ2n) is 4.61. The summed E-state index contributed by atoms with van der Waals surface area (Å²) in [7, 11) is 0. The van der Waals surface area contributed by atoms with E-state index in [0.29, 0.717) is 0 Å². The highest BCUT2D eigenvalue weighted by Gasteiger charge is 2.58. The predicted octanol–water partition coefficient (Wildman–Crippen LogP) is 2.73. The van der Waals surface area contributed by atoms with E-state index < -0.39 is 35.9 Å². The van der Waals surface area contributed by atoms with Crippen LogP contribution in [0.1, 0.15) is 24.0 Å². The van der Waals surface area contributed by atoms with Crippen molar-refractivity contribution >= 4 is 0 Å². The Kier molecular flexibility index (Phi) is 2.84. The number of nitrogens with two attached hydrogens (primary N) is 1. The fraction of sp³-hybridized carbons (Fsp3) is 0.545. The number of hydrogen-bond donors (Lipinski definition) is 1. The van der Waals surface area contributed by atoms with E-state index in [2.05, 4.69) is 4.98 Å². The summed E-state index contributed by atoms with van der Waals surface area (Å²) in [5.41, 5.74) is 2.93. The van der Waals surface area contributed by atoms with Crippen LogP contribution in [0.2, 0.25) is 0 Å². The highest BCUT2D eigenvalue weighted by atomic mass is 19.4. The molecular weight excluding hydrogens is 255 g/mol. The average Bonchev–Trinajstić information content (AvgIpc) is 2.24. The average molecular weight is 266 g/mol. The van der Waals surface area contributed by atoms with Crippen LogP contribution in [0.4, 0.5) is 22.0 Å². The molecule has 7 heteroatoms. The van der Waals surface area contributed by atoms with E-state index in [0.717, 1.165) is 18.5 Å². The van der Waals surface area contributed by atoms with Crippen LogP contribution in [0.25, 0.3) is 0 Å². The van der Waals surface area contributed by atoms with Crippen molar-refractivity contribution in [2.45, 2.75) is 30.4 Å². The zero-order valence-electron chi connectivity index (χ0n) is 9.27. The van der Waals surface area contributed by atoms with Crippen LogP contribution >= 0.6 is 0 Å². The Balaban J connectivity index is 2.45. The maximum Gasteiger partial charge on any atom is 0.416 e. The first-order chi connectivity index (χ1) is 8.20. The maximum atomic E-state index is 13.0. The topological polar surface area (TPSA) is 38.9 Å². The molecule has 0 bridgehead atoms. The lowest BCUT2D eigenvalue weighted by atomic mass is 9.61. The lowest BCUT2D eigenvalue weighted by Crippen LogP contribution is -2.54. The molecular formula is C11H11F5N2. The molecule has 1 saturated carbocycles. The second-order valence-corrected chi connectivity index (χ2v) is 4.61. The van der Waals surface area contributed by atoms with Gasteiger partial charge in [0.2, 0.25) is 5.92 Å². The molecule has 1 fully saturated rings. The standard InChI is InChI=1S/C11H11F5N2/c12-10(13)4-9(5-10,6-17)8-3-18-2-1-7(8)11(14,15)16/h1-3H,4-6,17H2. The fourth-order valence-electron chi connectivity index (χ4n) is 2.45. The molecule has 100 valence electrons. The molecule has 0 saturated heterocycles. The highest BCUT2D eigenvalue weighted by molar-refractivity contribution is 5.37. The van der Waals surface area contributed by atoms with E-state index >= 15 is 0 Å². The van der Waals surface area contributed by atoms with Crippen LogP contribution in [0.5, 0.6) is 0 Å². The van der Waals surface area contributed by atoms with Gasteiger partial charge in [-0.25, -0.2) is 8.78 Å². The molecule has 1 aromatic heterocycles.